The number of nitrogens with zero attached hydrogens (tertiary/aromatic N) is 1. The van der Waals surface area contributed by atoms with Crippen molar-refractivity contribution in [3.05, 3.63) is 58.6 Å². The number of rotatable bonds is 5. The summed E-state index contributed by atoms with van der Waals surface area (Å²) < 4.78 is 5.99. The topological polar surface area (TPSA) is 103 Å². The monoisotopic (exact) mass is 400 g/mol. The molecular formula is C18H13BrN2O4. The van der Waals surface area contributed by atoms with Crippen molar-refractivity contribution in [2.45, 2.75) is 0 Å². The number of pyridine rings is 1. The highest BCUT2D eigenvalue weighted by Crippen LogP contribution is 2.28. The Morgan fingerprint density at radius 2 is 1.84 bits per heavy atom. The lowest BCUT2D eigenvalue weighted by Crippen LogP contribution is -2.19. The Labute approximate surface area is 151 Å². The summed E-state index contributed by atoms with van der Waals surface area (Å²) in [5.41, 5.74) is 7.07. The molecule has 0 aliphatic carbocycles. The summed E-state index contributed by atoms with van der Waals surface area (Å²) in [6, 6.07) is 13.7. The SMILES string of the molecule is NC(=O)COc1ccc(-c2cc(C(=O)O)c3cc(Br)ccc3n2)cc1. The minimum absolute atomic E-state index is 0.176. The molecular weight excluding hydrogens is 388 g/mol. The maximum absolute atomic E-state index is 11.6. The summed E-state index contributed by atoms with van der Waals surface area (Å²) in [5, 5.41) is 10.1. The zero-order valence-corrected chi connectivity index (χ0v) is 14.5. The molecule has 0 bridgehead atoms. The molecule has 0 radical (unpaired) electrons. The van der Waals surface area contributed by atoms with Crippen molar-refractivity contribution >= 4 is 38.7 Å². The van der Waals surface area contributed by atoms with Crippen molar-refractivity contribution in [2.75, 3.05) is 6.61 Å². The third kappa shape index (κ3) is 3.77. The molecule has 126 valence electrons. The number of amides is 1. The number of aromatic carboxylic acids is 1. The molecule has 1 heterocycles. The second-order valence-electron chi connectivity index (χ2n) is 5.30. The molecule has 0 spiro atoms. The Morgan fingerprint density at radius 3 is 2.48 bits per heavy atom. The minimum Gasteiger partial charge on any atom is -0.484 e. The van der Waals surface area contributed by atoms with Gasteiger partial charge < -0.3 is 15.6 Å². The molecule has 0 saturated carbocycles. The molecule has 25 heavy (non-hydrogen) atoms. The molecule has 0 aliphatic heterocycles. The Morgan fingerprint density at radius 1 is 1.12 bits per heavy atom. The van der Waals surface area contributed by atoms with Crippen molar-refractivity contribution < 1.29 is 19.4 Å². The van der Waals surface area contributed by atoms with E-state index in [2.05, 4.69) is 20.9 Å². The van der Waals surface area contributed by atoms with Crippen LogP contribution < -0.4 is 10.5 Å². The Bertz CT molecular complexity index is 971. The third-order valence-electron chi connectivity index (χ3n) is 3.53. The van der Waals surface area contributed by atoms with Crippen LogP contribution >= 0.6 is 15.9 Å². The van der Waals surface area contributed by atoms with E-state index in [0.717, 1.165) is 10.0 Å². The van der Waals surface area contributed by atoms with E-state index >= 15 is 0 Å². The van der Waals surface area contributed by atoms with Crippen LogP contribution in [0.2, 0.25) is 0 Å². The molecule has 7 heteroatoms. The van der Waals surface area contributed by atoms with Gasteiger partial charge in [0, 0.05) is 15.4 Å². The van der Waals surface area contributed by atoms with Gasteiger partial charge in [-0.25, -0.2) is 9.78 Å². The average molecular weight is 401 g/mol. The molecule has 3 N–H and O–H groups in total. The van der Waals surface area contributed by atoms with Gasteiger partial charge >= 0.3 is 5.97 Å². The van der Waals surface area contributed by atoms with E-state index in [1.165, 1.54) is 6.07 Å². The molecule has 2 aromatic carbocycles. The molecule has 0 saturated heterocycles. The van der Waals surface area contributed by atoms with Crippen LogP contribution in [0, 0.1) is 0 Å². The van der Waals surface area contributed by atoms with Crippen LogP contribution in [0.5, 0.6) is 5.75 Å². The van der Waals surface area contributed by atoms with Gasteiger partial charge in [-0.15, -0.1) is 0 Å². The fourth-order valence-corrected chi connectivity index (χ4v) is 2.76. The summed E-state index contributed by atoms with van der Waals surface area (Å²) >= 11 is 3.34. The lowest BCUT2D eigenvalue weighted by atomic mass is 10.0. The van der Waals surface area contributed by atoms with Crippen molar-refractivity contribution in [2.24, 2.45) is 5.73 Å². The van der Waals surface area contributed by atoms with Gasteiger partial charge in [0.25, 0.3) is 5.91 Å². The fraction of sp³-hybridized carbons (Fsp3) is 0.0556. The molecule has 0 unspecified atom stereocenters. The van der Waals surface area contributed by atoms with Gasteiger partial charge in [0.2, 0.25) is 0 Å². The van der Waals surface area contributed by atoms with Gasteiger partial charge in [0.15, 0.2) is 6.61 Å². The zero-order chi connectivity index (χ0) is 18.0. The second-order valence-corrected chi connectivity index (χ2v) is 6.22. The highest BCUT2D eigenvalue weighted by Gasteiger charge is 2.13. The van der Waals surface area contributed by atoms with Crippen LogP contribution in [-0.4, -0.2) is 28.6 Å². The maximum Gasteiger partial charge on any atom is 0.336 e. The van der Waals surface area contributed by atoms with E-state index in [-0.39, 0.29) is 12.2 Å². The second kappa shape index (κ2) is 6.90. The largest absolute Gasteiger partial charge is 0.484 e. The van der Waals surface area contributed by atoms with Gasteiger partial charge in [-0.05, 0) is 48.5 Å². The Kier molecular flexibility index (Phi) is 4.67. The predicted molar refractivity (Wildman–Crippen MR) is 96.5 cm³/mol. The number of carboxylic acids is 1. The maximum atomic E-state index is 11.6. The molecule has 0 atom stereocenters. The van der Waals surface area contributed by atoms with E-state index < -0.39 is 11.9 Å². The van der Waals surface area contributed by atoms with Gasteiger partial charge in [0.1, 0.15) is 5.75 Å². The fourth-order valence-electron chi connectivity index (χ4n) is 2.40. The van der Waals surface area contributed by atoms with Crippen molar-refractivity contribution in [3.8, 4) is 17.0 Å². The first-order valence-corrected chi connectivity index (χ1v) is 8.08. The summed E-state index contributed by atoms with van der Waals surface area (Å²) in [5.74, 6) is -1.09. The van der Waals surface area contributed by atoms with Gasteiger partial charge in [0.05, 0.1) is 16.8 Å². The zero-order valence-electron chi connectivity index (χ0n) is 12.9. The molecule has 1 aromatic heterocycles. The van der Waals surface area contributed by atoms with E-state index in [1.807, 2.05) is 6.07 Å². The van der Waals surface area contributed by atoms with Crippen LogP contribution in [0.25, 0.3) is 22.2 Å². The summed E-state index contributed by atoms with van der Waals surface area (Å²) in [6.45, 7) is -0.203. The number of fused-ring (bicyclic) bond motifs is 1. The molecule has 3 rings (SSSR count). The van der Waals surface area contributed by atoms with Crippen LogP contribution in [0.15, 0.2) is 53.0 Å². The van der Waals surface area contributed by atoms with Crippen molar-refractivity contribution in [1.82, 2.24) is 4.98 Å². The molecule has 6 nitrogen and oxygen atoms in total. The lowest BCUT2D eigenvalue weighted by molar-refractivity contribution is -0.119. The number of hydrogen-bond donors (Lipinski definition) is 2. The van der Waals surface area contributed by atoms with Gasteiger partial charge in [-0.2, -0.15) is 0 Å². The number of carbonyl (C=O) groups excluding carboxylic acids is 1. The van der Waals surface area contributed by atoms with Crippen LogP contribution in [0.3, 0.4) is 0 Å². The van der Waals surface area contributed by atoms with E-state index in [9.17, 15) is 14.7 Å². The lowest BCUT2D eigenvalue weighted by Gasteiger charge is -2.09. The average Bonchev–Trinajstić information content (AvgIpc) is 2.59. The van der Waals surface area contributed by atoms with E-state index in [4.69, 9.17) is 10.5 Å². The van der Waals surface area contributed by atoms with Crippen molar-refractivity contribution in [1.29, 1.82) is 0 Å². The Hall–Kier alpha value is -2.93. The number of aromatic nitrogens is 1. The van der Waals surface area contributed by atoms with E-state index in [1.54, 1.807) is 36.4 Å². The predicted octanol–water partition coefficient (Wildman–Crippen LogP) is 3.23. The summed E-state index contributed by atoms with van der Waals surface area (Å²) in [7, 11) is 0. The number of halogens is 1. The van der Waals surface area contributed by atoms with Crippen molar-refractivity contribution in [3.63, 3.8) is 0 Å². The van der Waals surface area contributed by atoms with E-state index in [0.29, 0.717) is 22.3 Å². The first-order chi connectivity index (χ1) is 11.9. The van der Waals surface area contributed by atoms with Crippen LogP contribution in [0.1, 0.15) is 10.4 Å². The normalized spacial score (nSPS) is 10.6. The molecule has 3 aromatic rings. The van der Waals surface area contributed by atoms with Crippen LogP contribution in [0.4, 0.5) is 0 Å². The van der Waals surface area contributed by atoms with Crippen LogP contribution in [-0.2, 0) is 4.79 Å². The molecule has 0 fully saturated rings. The standard InChI is InChI=1S/C18H13BrN2O4/c19-11-3-6-15-13(7-11)14(18(23)24)8-16(21-15)10-1-4-12(5-2-10)25-9-17(20)22/h1-8H,9H2,(H2,20,22)(H,23,24). The smallest absolute Gasteiger partial charge is 0.336 e. The summed E-state index contributed by atoms with van der Waals surface area (Å²) in [6.07, 6.45) is 0. The number of carboxylic acid groups (broad SMARTS) is 1. The molecule has 0 aliphatic rings. The highest BCUT2D eigenvalue weighted by atomic mass is 79.9. The number of nitrogens with two attached hydrogens (primary N) is 1. The number of primary amides is 1. The molecule has 1 amide bonds. The van der Waals surface area contributed by atoms with Gasteiger partial charge in [-0.1, -0.05) is 15.9 Å². The quantitative estimate of drug-likeness (QED) is 0.684. The third-order valence-corrected chi connectivity index (χ3v) is 4.03. The number of hydrogen-bond acceptors (Lipinski definition) is 4. The number of carbonyl (C=O) groups is 2. The minimum atomic E-state index is -1.02. The van der Waals surface area contributed by atoms with Gasteiger partial charge in [-0.3, -0.25) is 4.79 Å². The highest BCUT2D eigenvalue weighted by molar-refractivity contribution is 9.10. The number of ether oxygens (including phenoxy) is 1. The first-order valence-electron chi connectivity index (χ1n) is 7.29. The number of benzene rings is 2. The Balaban J connectivity index is 2.02. The summed E-state index contributed by atoms with van der Waals surface area (Å²) in [4.78, 5) is 26.9. The first kappa shape index (κ1) is 16.9.